The number of carbonyl (C=O) groups excluding carboxylic acids is 3. The SMILES string of the molecule is Cc1ccc(C2CC(=O)Nc3cc(C(=O)N4CCNCC4)ccc3N2C(=O)C(C)Oc2ccccc2)cc1. The zero-order valence-corrected chi connectivity index (χ0v) is 21.6. The molecule has 2 aliphatic heterocycles. The minimum Gasteiger partial charge on any atom is -0.481 e. The molecule has 5 rings (SSSR count). The largest absolute Gasteiger partial charge is 0.481 e. The van der Waals surface area contributed by atoms with Gasteiger partial charge in [-0.3, -0.25) is 19.3 Å². The Morgan fingerprint density at radius 1 is 0.974 bits per heavy atom. The quantitative estimate of drug-likeness (QED) is 0.541. The van der Waals surface area contributed by atoms with Crippen LogP contribution in [-0.4, -0.2) is 54.9 Å². The van der Waals surface area contributed by atoms with Crippen molar-refractivity contribution in [2.24, 2.45) is 0 Å². The van der Waals surface area contributed by atoms with Gasteiger partial charge in [0.05, 0.1) is 23.8 Å². The summed E-state index contributed by atoms with van der Waals surface area (Å²) in [5.41, 5.74) is 3.38. The van der Waals surface area contributed by atoms with Crippen molar-refractivity contribution < 1.29 is 19.1 Å². The van der Waals surface area contributed by atoms with Crippen LogP contribution in [0.4, 0.5) is 11.4 Å². The molecule has 2 N–H and O–H groups in total. The number of rotatable bonds is 5. The highest BCUT2D eigenvalue weighted by Crippen LogP contribution is 2.39. The summed E-state index contributed by atoms with van der Waals surface area (Å²) in [4.78, 5) is 43.8. The number of fused-ring (bicyclic) bond motifs is 1. The second kappa shape index (κ2) is 11.1. The van der Waals surface area contributed by atoms with E-state index in [1.807, 2.05) is 49.4 Å². The smallest absolute Gasteiger partial charge is 0.268 e. The topological polar surface area (TPSA) is 91.0 Å². The van der Waals surface area contributed by atoms with Crippen molar-refractivity contribution in [2.75, 3.05) is 36.4 Å². The number of piperazine rings is 1. The number of nitrogens with one attached hydrogen (secondary N) is 2. The van der Waals surface area contributed by atoms with Crippen LogP contribution in [-0.2, 0) is 9.59 Å². The maximum atomic E-state index is 14.0. The summed E-state index contributed by atoms with van der Waals surface area (Å²) in [5, 5.41) is 6.20. The highest BCUT2D eigenvalue weighted by molar-refractivity contribution is 6.07. The van der Waals surface area contributed by atoms with E-state index in [0.717, 1.165) is 24.2 Å². The first-order valence-electron chi connectivity index (χ1n) is 13.0. The first-order valence-corrected chi connectivity index (χ1v) is 13.0. The number of ether oxygens (including phenoxy) is 1. The van der Waals surface area contributed by atoms with Gasteiger partial charge in [0.15, 0.2) is 6.10 Å². The molecule has 38 heavy (non-hydrogen) atoms. The van der Waals surface area contributed by atoms with Gasteiger partial charge in [0.1, 0.15) is 5.75 Å². The highest BCUT2D eigenvalue weighted by atomic mass is 16.5. The second-order valence-electron chi connectivity index (χ2n) is 9.73. The zero-order valence-electron chi connectivity index (χ0n) is 21.6. The van der Waals surface area contributed by atoms with Gasteiger partial charge in [0.2, 0.25) is 5.91 Å². The number of hydrogen-bond donors (Lipinski definition) is 2. The van der Waals surface area contributed by atoms with Gasteiger partial charge < -0.3 is 20.3 Å². The molecule has 2 atom stereocenters. The Morgan fingerprint density at radius 3 is 2.39 bits per heavy atom. The Labute approximate surface area is 222 Å². The second-order valence-corrected chi connectivity index (χ2v) is 9.73. The molecule has 0 aliphatic carbocycles. The van der Waals surface area contributed by atoms with Crippen molar-refractivity contribution in [1.82, 2.24) is 10.2 Å². The molecule has 2 heterocycles. The number of carbonyl (C=O) groups is 3. The van der Waals surface area contributed by atoms with E-state index < -0.39 is 12.1 Å². The maximum Gasteiger partial charge on any atom is 0.268 e. The van der Waals surface area contributed by atoms with Crippen molar-refractivity contribution in [3.05, 3.63) is 89.5 Å². The van der Waals surface area contributed by atoms with Crippen molar-refractivity contribution in [1.29, 1.82) is 0 Å². The van der Waals surface area contributed by atoms with Gasteiger partial charge in [0, 0.05) is 31.7 Å². The molecule has 1 saturated heterocycles. The number of benzene rings is 3. The van der Waals surface area contributed by atoms with Crippen molar-refractivity contribution in [2.45, 2.75) is 32.4 Å². The van der Waals surface area contributed by atoms with E-state index in [0.29, 0.717) is 35.8 Å². The Morgan fingerprint density at radius 2 is 1.68 bits per heavy atom. The number of hydrogen-bond acceptors (Lipinski definition) is 5. The van der Waals surface area contributed by atoms with Crippen LogP contribution in [0, 0.1) is 6.92 Å². The molecule has 1 fully saturated rings. The number of amides is 3. The molecular weight excluding hydrogens is 480 g/mol. The third-order valence-corrected chi connectivity index (χ3v) is 6.98. The standard InChI is InChI=1S/C30H32N4O4/c1-20-8-10-22(11-9-20)27-19-28(35)32-25-18-23(30(37)33-16-14-31-15-17-33)12-13-26(25)34(27)29(36)21(2)38-24-6-4-3-5-7-24/h3-13,18,21,27,31H,14-17,19H2,1-2H3,(H,32,35). The average molecular weight is 513 g/mol. The summed E-state index contributed by atoms with van der Waals surface area (Å²) >= 11 is 0. The lowest BCUT2D eigenvalue weighted by Gasteiger charge is -2.33. The molecule has 3 aromatic rings. The fourth-order valence-corrected chi connectivity index (χ4v) is 4.94. The average Bonchev–Trinajstić information content (AvgIpc) is 3.08. The van der Waals surface area contributed by atoms with Crippen molar-refractivity contribution in [3.63, 3.8) is 0 Å². The first-order chi connectivity index (χ1) is 18.4. The van der Waals surface area contributed by atoms with Crippen LogP contribution in [0.25, 0.3) is 0 Å². The molecule has 0 radical (unpaired) electrons. The summed E-state index contributed by atoms with van der Waals surface area (Å²) in [5.74, 6) is -0.0168. The van der Waals surface area contributed by atoms with E-state index in [1.165, 1.54) is 0 Å². The number of aryl methyl sites for hydroxylation is 1. The summed E-state index contributed by atoms with van der Waals surface area (Å²) in [6.45, 7) is 6.44. The molecule has 8 nitrogen and oxygen atoms in total. The lowest BCUT2D eigenvalue weighted by atomic mass is 9.99. The molecule has 2 unspecified atom stereocenters. The predicted molar refractivity (Wildman–Crippen MR) is 146 cm³/mol. The Bertz CT molecular complexity index is 1320. The summed E-state index contributed by atoms with van der Waals surface area (Å²) < 4.78 is 5.99. The fraction of sp³-hybridized carbons (Fsp3) is 0.300. The van der Waals surface area contributed by atoms with E-state index >= 15 is 0 Å². The molecular formula is C30H32N4O4. The van der Waals surface area contributed by atoms with E-state index in [2.05, 4.69) is 10.6 Å². The fourth-order valence-electron chi connectivity index (χ4n) is 4.94. The molecule has 0 bridgehead atoms. The Kier molecular flexibility index (Phi) is 7.42. The van der Waals surface area contributed by atoms with E-state index in [1.54, 1.807) is 47.1 Å². The minimum absolute atomic E-state index is 0.0720. The summed E-state index contributed by atoms with van der Waals surface area (Å²) in [6, 6.07) is 21.7. The molecule has 0 aromatic heterocycles. The van der Waals surface area contributed by atoms with Crippen LogP contribution in [0.3, 0.4) is 0 Å². The van der Waals surface area contributed by atoms with Gasteiger partial charge >= 0.3 is 0 Å². The summed E-state index contributed by atoms with van der Waals surface area (Å²) in [7, 11) is 0. The van der Waals surface area contributed by atoms with Gasteiger partial charge in [-0.1, -0.05) is 48.0 Å². The van der Waals surface area contributed by atoms with Crippen LogP contribution >= 0.6 is 0 Å². The zero-order chi connectivity index (χ0) is 26.6. The number of anilines is 2. The van der Waals surface area contributed by atoms with E-state index in [9.17, 15) is 14.4 Å². The third kappa shape index (κ3) is 5.40. The van der Waals surface area contributed by atoms with Crippen LogP contribution in [0.15, 0.2) is 72.8 Å². The van der Waals surface area contributed by atoms with Gasteiger partial charge in [-0.05, 0) is 49.7 Å². The normalized spacial score (nSPS) is 18.2. The molecule has 0 saturated carbocycles. The third-order valence-electron chi connectivity index (χ3n) is 6.98. The van der Waals surface area contributed by atoms with Gasteiger partial charge in [-0.25, -0.2) is 0 Å². The molecule has 2 aliphatic rings. The minimum atomic E-state index is -0.812. The monoisotopic (exact) mass is 512 g/mol. The predicted octanol–water partition coefficient (Wildman–Crippen LogP) is 3.92. The van der Waals surface area contributed by atoms with Crippen LogP contribution in [0.1, 0.15) is 40.9 Å². The van der Waals surface area contributed by atoms with Crippen LogP contribution < -0.4 is 20.3 Å². The lowest BCUT2D eigenvalue weighted by molar-refractivity contribution is -0.125. The lowest BCUT2D eigenvalue weighted by Crippen LogP contribution is -2.46. The molecule has 8 heteroatoms. The van der Waals surface area contributed by atoms with E-state index in [-0.39, 0.29) is 24.1 Å². The molecule has 0 spiro atoms. The summed E-state index contributed by atoms with van der Waals surface area (Å²) in [6.07, 6.45) is -0.739. The van der Waals surface area contributed by atoms with Crippen molar-refractivity contribution >= 4 is 29.1 Å². The van der Waals surface area contributed by atoms with E-state index in [4.69, 9.17) is 4.74 Å². The Hall–Kier alpha value is -4.17. The van der Waals surface area contributed by atoms with Crippen molar-refractivity contribution in [3.8, 4) is 5.75 Å². The molecule has 3 aromatic carbocycles. The molecule has 196 valence electrons. The van der Waals surface area contributed by atoms with Gasteiger partial charge in [-0.2, -0.15) is 0 Å². The molecule has 3 amide bonds. The number of para-hydroxylation sites is 1. The van der Waals surface area contributed by atoms with Gasteiger partial charge in [0.25, 0.3) is 11.8 Å². The maximum absolute atomic E-state index is 14.0. The van der Waals surface area contributed by atoms with Crippen LogP contribution in [0.5, 0.6) is 5.75 Å². The first kappa shape index (κ1) is 25.5. The Balaban J connectivity index is 1.54. The highest BCUT2D eigenvalue weighted by Gasteiger charge is 2.36. The van der Waals surface area contributed by atoms with Crippen LogP contribution in [0.2, 0.25) is 0 Å². The van der Waals surface area contributed by atoms with Gasteiger partial charge in [-0.15, -0.1) is 0 Å². The number of nitrogens with zero attached hydrogens (tertiary/aromatic N) is 2.